The van der Waals surface area contributed by atoms with E-state index >= 15 is 0 Å². The molecular formula is C10H14N4+2. The van der Waals surface area contributed by atoms with Gasteiger partial charge in [-0.2, -0.15) is 4.59 Å². The Labute approximate surface area is 83.4 Å². The molecule has 14 heavy (non-hydrogen) atoms. The summed E-state index contributed by atoms with van der Waals surface area (Å²) in [6, 6.07) is 4.08. The quantitative estimate of drug-likeness (QED) is 0.471. The minimum Gasteiger partial charge on any atom is -0.208 e. The monoisotopic (exact) mass is 190 g/mol. The lowest BCUT2D eigenvalue weighted by Gasteiger charge is -2.08. The highest BCUT2D eigenvalue weighted by molar-refractivity contribution is 5.62. The summed E-state index contributed by atoms with van der Waals surface area (Å²) in [4.78, 5) is 0. The van der Waals surface area contributed by atoms with Crippen molar-refractivity contribution >= 4 is 5.70 Å². The van der Waals surface area contributed by atoms with Crippen LogP contribution in [0.3, 0.4) is 0 Å². The molecule has 0 saturated heterocycles. The van der Waals surface area contributed by atoms with E-state index in [1.165, 1.54) is 0 Å². The van der Waals surface area contributed by atoms with Crippen LogP contribution >= 0.6 is 0 Å². The van der Waals surface area contributed by atoms with Crippen LogP contribution in [-0.4, -0.2) is 18.7 Å². The van der Waals surface area contributed by atoms with Crippen LogP contribution in [-0.2, 0) is 7.05 Å². The lowest BCUT2D eigenvalue weighted by molar-refractivity contribution is -0.846. The van der Waals surface area contributed by atoms with Crippen LogP contribution in [0, 0.1) is 0 Å². The van der Waals surface area contributed by atoms with E-state index < -0.39 is 0 Å². The number of quaternary nitrogens is 1. The first-order chi connectivity index (χ1) is 6.57. The van der Waals surface area contributed by atoms with Gasteiger partial charge in [-0.1, -0.05) is 5.11 Å². The van der Waals surface area contributed by atoms with Crippen LogP contribution in [0.25, 0.3) is 5.70 Å². The maximum Gasteiger partial charge on any atom is 0.169 e. The third kappa shape index (κ3) is 1.70. The van der Waals surface area contributed by atoms with Crippen LogP contribution in [0.2, 0.25) is 0 Å². The number of aromatic nitrogens is 1. The molecule has 0 atom stereocenters. The van der Waals surface area contributed by atoms with Crippen molar-refractivity contribution in [2.75, 3.05) is 14.1 Å². The molecule has 1 aliphatic rings. The molecule has 0 bridgehead atoms. The number of hydrogen-bond donors (Lipinski definition) is 0. The van der Waals surface area contributed by atoms with E-state index in [1.807, 2.05) is 56.4 Å². The fraction of sp³-hybridized carbons (Fsp3) is 0.300. The van der Waals surface area contributed by atoms with Gasteiger partial charge in [0, 0.05) is 22.9 Å². The predicted molar refractivity (Wildman–Crippen MR) is 52.6 cm³/mol. The molecule has 0 amide bonds. The summed E-state index contributed by atoms with van der Waals surface area (Å²) in [6.45, 7) is 0. The summed E-state index contributed by atoms with van der Waals surface area (Å²) in [7, 11) is 5.97. The molecular weight excluding hydrogens is 176 g/mol. The fourth-order valence-electron chi connectivity index (χ4n) is 1.32. The second-order valence-corrected chi connectivity index (χ2v) is 3.94. The van der Waals surface area contributed by atoms with Crippen molar-refractivity contribution in [2.24, 2.45) is 17.4 Å². The van der Waals surface area contributed by atoms with Gasteiger partial charge in [0.2, 0.25) is 0 Å². The molecule has 4 nitrogen and oxygen atoms in total. The molecule has 1 aromatic rings. The van der Waals surface area contributed by atoms with Crippen LogP contribution in [0.15, 0.2) is 41.1 Å². The third-order valence-electron chi connectivity index (χ3n) is 2.10. The first kappa shape index (κ1) is 9.02. The van der Waals surface area contributed by atoms with Gasteiger partial charge in [0.05, 0.1) is 14.1 Å². The van der Waals surface area contributed by atoms with Gasteiger partial charge in [-0.05, 0) is 0 Å². The summed E-state index contributed by atoms with van der Waals surface area (Å²) >= 11 is 0. The van der Waals surface area contributed by atoms with Gasteiger partial charge < -0.3 is 0 Å². The number of rotatable bonds is 1. The number of nitrogens with zero attached hydrogens (tertiary/aromatic N) is 4. The second-order valence-electron chi connectivity index (χ2n) is 3.94. The van der Waals surface area contributed by atoms with Gasteiger partial charge in [0.25, 0.3) is 0 Å². The van der Waals surface area contributed by atoms with Crippen molar-refractivity contribution in [3.63, 3.8) is 0 Å². The molecule has 0 unspecified atom stereocenters. The standard InChI is InChI=1S/C10H14N4/c1-13-6-4-9(5-7-13)10-8-14(2,3)12-11-10/h4-8H,1-3H3/q+2. The average molecular weight is 190 g/mol. The van der Waals surface area contributed by atoms with E-state index in [1.54, 1.807) is 0 Å². The summed E-state index contributed by atoms with van der Waals surface area (Å²) in [5.41, 5.74) is 2.05. The third-order valence-corrected chi connectivity index (χ3v) is 2.10. The van der Waals surface area contributed by atoms with E-state index in [0.29, 0.717) is 4.59 Å². The molecule has 2 heterocycles. The summed E-state index contributed by atoms with van der Waals surface area (Å²) in [5.74, 6) is 0. The normalized spacial score (nSPS) is 18.4. The number of pyridine rings is 1. The van der Waals surface area contributed by atoms with E-state index in [0.717, 1.165) is 11.3 Å². The Bertz CT molecular complexity index is 401. The number of hydrogen-bond acceptors (Lipinski definition) is 2. The Morgan fingerprint density at radius 1 is 1.21 bits per heavy atom. The first-order valence-electron chi connectivity index (χ1n) is 4.52. The van der Waals surface area contributed by atoms with E-state index in [4.69, 9.17) is 0 Å². The Hall–Kier alpha value is -1.55. The smallest absolute Gasteiger partial charge is 0.169 e. The summed E-state index contributed by atoms with van der Waals surface area (Å²) < 4.78 is 2.46. The Morgan fingerprint density at radius 2 is 1.86 bits per heavy atom. The van der Waals surface area contributed by atoms with Crippen molar-refractivity contribution in [1.29, 1.82) is 0 Å². The highest BCUT2D eigenvalue weighted by Gasteiger charge is 2.21. The molecule has 2 rings (SSSR count). The highest BCUT2D eigenvalue weighted by atomic mass is 15.7. The largest absolute Gasteiger partial charge is 0.208 e. The molecule has 0 radical (unpaired) electrons. The fourth-order valence-corrected chi connectivity index (χ4v) is 1.32. The minimum atomic E-state index is 0.469. The molecule has 4 heteroatoms. The zero-order chi connectivity index (χ0) is 10.2. The molecule has 72 valence electrons. The average Bonchev–Trinajstić information content (AvgIpc) is 2.47. The van der Waals surface area contributed by atoms with Crippen molar-refractivity contribution in [1.82, 2.24) is 0 Å². The Balaban J connectivity index is 2.35. The zero-order valence-electron chi connectivity index (χ0n) is 8.68. The molecule has 0 fully saturated rings. The van der Waals surface area contributed by atoms with Gasteiger partial charge in [0.15, 0.2) is 24.3 Å². The van der Waals surface area contributed by atoms with Gasteiger partial charge in [0.1, 0.15) is 7.05 Å². The maximum atomic E-state index is 4.14. The van der Waals surface area contributed by atoms with Crippen molar-refractivity contribution < 1.29 is 9.16 Å². The zero-order valence-corrected chi connectivity index (χ0v) is 8.68. The molecule has 1 aliphatic heterocycles. The second kappa shape index (κ2) is 2.99. The van der Waals surface area contributed by atoms with E-state index in [-0.39, 0.29) is 0 Å². The topological polar surface area (TPSA) is 28.6 Å². The Kier molecular flexibility index (Phi) is 1.93. The predicted octanol–water partition coefficient (Wildman–Crippen LogP) is 1.27. The van der Waals surface area contributed by atoms with Crippen molar-refractivity contribution in [3.05, 3.63) is 36.3 Å². The van der Waals surface area contributed by atoms with Crippen LogP contribution in [0.1, 0.15) is 5.56 Å². The highest BCUT2D eigenvalue weighted by Crippen LogP contribution is 2.24. The molecule has 1 aromatic heterocycles. The SMILES string of the molecule is C[n+]1ccc(C2=C[N+](C)(C)N=N2)cc1. The van der Waals surface area contributed by atoms with Gasteiger partial charge in [-0.25, -0.2) is 4.57 Å². The minimum absolute atomic E-state index is 0.469. The molecule has 0 aromatic carbocycles. The number of aryl methyl sites for hydroxylation is 1. The van der Waals surface area contributed by atoms with E-state index in [9.17, 15) is 0 Å². The molecule has 0 N–H and O–H groups in total. The summed E-state index contributed by atoms with van der Waals surface area (Å²) in [5, 5.41) is 8.25. The van der Waals surface area contributed by atoms with Gasteiger partial charge >= 0.3 is 0 Å². The Morgan fingerprint density at radius 3 is 2.36 bits per heavy atom. The van der Waals surface area contributed by atoms with Crippen LogP contribution in [0.5, 0.6) is 0 Å². The van der Waals surface area contributed by atoms with Gasteiger partial charge in [-0.3, -0.25) is 0 Å². The van der Waals surface area contributed by atoms with Crippen LogP contribution < -0.4 is 4.57 Å². The van der Waals surface area contributed by atoms with Crippen molar-refractivity contribution in [3.8, 4) is 0 Å². The van der Waals surface area contributed by atoms with Crippen molar-refractivity contribution in [2.45, 2.75) is 0 Å². The van der Waals surface area contributed by atoms with Gasteiger partial charge in [-0.15, -0.1) is 0 Å². The van der Waals surface area contributed by atoms with Crippen LogP contribution in [0.4, 0.5) is 0 Å². The first-order valence-corrected chi connectivity index (χ1v) is 4.52. The van der Waals surface area contributed by atoms with E-state index in [2.05, 4.69) is 10.3 Å². The lowest BCUT2D eigenvalue weighted by atomic mass is 10.2. The maximum absolute atomic E-state index is 4.14. The molecule has 0 aliphatic carbocycles. The molecule has 0 spiro atoms. The summed E-state index contributed by atoms with van der Waals surface area (Å²) in [6.07, 6.45) is 6.03. The lowest BCUT2D eigenvalue weighted by Crippen LogP contribution is -2.26. The molecule has 0 saturated carbocycles.